The number of nitrogens with zero attached hydrogens (tertiary/aromatic N) is 5. The Hall–Kier alpha value is -3.54. The summed E-state index contributed by atoms with van der Waals surface area (Å²) in [5, 5.41) is 4.74. The smallest absolute Gasteiger partial charge is 0.253 e. The molecule has 5 rings (SSSR count). The van der Waals surface area contributed by atoms with E-state index in [0.29, 0.717) is 5.56 Å². The highest BCUT2D eigenvalue weighted by Gasteiger charge is 2.27. The van der Waals surface area contributed by atoms with E-state index in [-0.39, 0.29) is 11.8 Å². The monoisotopic (exact) mass is 383 g/mol. The third-order valence-corrected chi connectivity index (χ3v) is 5.53. The number of pyridine rings is 2. The molecule has 1 aromatic carbocycles. The molecule has 1 aliphatic rings. The minimum atomic E-state index is 0.0707. The number of hydrogen-bond donors (Lipinski definition) is 0. The highest BCUT2D eigenvalue weighted by molar-refractivity contribution is 5.94. The van der Waals surface area contributed by atoms with Crippen LogP contribution >= 0.6 is 0 Å². The lowest BCUT2D eigenvalue weighted by Crippen LogP contribution is -2.38. The molecule has 6 heteroatoms. The van der Waals surface area contributed by atoms with Crippen molar-refractivity contribution < 1.29 is 4.79 Å². The van der Waals surface area contributed by atoms with E-state index >= 15 is 0 Å². The van der Waals surface area contributed by atoms with Crippen molar-refractivity contribution in [3.05, 3.63) is 84.6 Å². The number of benzene rings is 1. The maximum Gasteiger partial charge on any atom is 0.253 e. The first kappa shape index (κ1) is 17.6. The van der Waals surface area contributed by atoms with Crippen LogP contribution in [0.5, 0.6) is 0 Å². The van der Waals surface area contributed by atoms with Crippen LogP contribution in [0.3, 0.4) is 0 Å². The highest BCUT2D eigenvalue weighted by Crippen LogP contribution is 2.27. The maximum atomic E-state index is 12.6. The lowest BCUT2D eigenvalue weighted by atomic mass is 9.96. The first-order valence-corrected chi connectivity index (χ1v) is 9.89. The van der Waals surface area contributed by atoms with E-state index in [4.69, 9.17) is 10.1 Å². The van der Waals surface area contributed by atoms with E-state index in [0.717, 1.165) is 48.5 Å². The van der Waals surface area contributed by atoms with Crippen LogP contribution in [0, 0.1) is 0 Å². The van der Waals surface area contributed by atoms with Crippen LogP contribution in [0.4, 0.5) is 0 Å². The molecule has 0 spiro atoms. The fourth-order valence-electron chi connectivity index (χ4n) is 3.89. The predicted octanol–water partition coefficient (Wildman–Crippen LogP) is 3.81. The molecule has 0 aliphatic carbocycles. The van der Waals surface area contributed by atoms with Gasteiger partial charge >= 0.3 is 0 Å². The second kappa shape index (κ2) is 7.47. The molecule has 1 saturated heterocycles. The van der Waals surface area contributed by atoms with Gasteiger partial charge < -0.3 is 4.90 Å². The van der Waals surface area contributed by atoms with E-state index in [1.54, 1.807) is 24.5 Å². The number of hydrogen-bond acceptors (Lipinski definition) is 4. The van der Waals surface area contributed by atoms with Crippen molar-refractivity contribution in [3.8, 4) is 11.1 Å². The summed E-state index contributed by atoms with van der Waals surface area (Å²) in [6.45, 7) is 1.44. The van der Waals surface area contributed by atoms with Crippen LogP contribution in [0.15, 0.2) is 73.2 Å². The van der Waals surface area contributed by atoms with Gasteiger partial charge in [-0.3, -0.25) is 9.78 Å². The quantitative estimate of drug-likeness (QED) is 0.540. The zero-order valence-corrected chi connectivity index (χ0v) is 16.0. The minimum absolute atomic E-state index is 0.0707. The Morgan fingerprint density at radius 3 is 2.41 bits per heavy atom. The summed E-state index contributed by atoms with van der Waals surface area (Å²) in [5.74, 6) is 1.21. The molecule has 1 amide bonds. The second-order valence-electron chi connectivity index (χ2n) is 7.36. The van der Waals surface area contributed by atoms with Crippen molar-refractivity contribution in [1.29, 1.82) is 0 Å². The maximum absolute atomic E-state index is 12.6. The number of rotatable bonds is 3. The number of carbonyl (C=O) groups excluding carboxylic acids is 1. The molecule has 144 valence electrons. The Morgan fingerprint density at radius 2 is 1.66 bits per heavy atom. The molecular weight excluding hydrogens is 362 g/mol. The van der Waals surface area contributed by atoms with Gasteiger partial charge in [0.05, 0.1) is 0 Å². The number of amides is 1. The Kier molecular flexibility index (Phi) is 4.52. The molecule has 6 nitrogen and oxygen atoms in total. The van der Waals surface area contributed by atoms with Crippen LogP contribution in [-0.4, -0.2) is 43.5 Å². The molecule has 1 aliphatic heterocycles. The van der Waals surface area contributed by atoms with Gasteiger partial charge in [-0.15, -0.1) is 0 Å². The molecule has 1 fully saturated rings. The minimum Gasteiger partial charge on any atom is -0.339 e. The second-order valence-corrected chi connectivity index (χ2v) is 7.36. The van der Waals surface area contributed by atoms with E-state index in [2.05, 4.69) is 23.2 Å². The summed E-state index contributed by atoms with van der Waals surface area (Å²) in [6.07, 6.45) is 7.09. The molecule has 3 aromatic heterocycles. The normalized spacial score (nSPS) is 15.0. The van der Waals surface area contributed by atoms with Gasteiger partial charge in [0, 0.05) is 48.7 Å². The molecule has 4 aromatic rings. The fraction of sp³-hybridized carbons (Fsp3) is 0.217. The van der Waals surface area contributed by atoms with Crippen molar-refractivity contribution in [2.24, 2.45) is 0 Å². The summed E-state index contributed by atoms with van der Waals surface area (Å²) in [4.78, 5) is 23.3. The highest BCUT2D eigenvalue weighted by atomic mass is 16.2. The number of likely N-dealkylation sites (tertiary alicyclic amines) is 1. The Labute approximate surface area is 168 Å². The Morgan fingerprint density at radius 1 is 0.897 bits per heavy atom. The van der Waals surface area contributed by atoms with E-state index in [9.17, 15) is 4.79 Å². The van der Waals surface area contributed by atoms with Gasteiger partial charge in [-0.05, 0) is 42.7 Å². The third-order valence-electron chi connectivity index (χ3n) is 5.53. The van der Waals surface area contributed by atoms with Crippen LogP contribution in [0.1, 0.15) is 34.9 Å². The Balaban J connectivity index is 1.31. The molecule has 4 heterocycles. The predicted molar refractivity (Wildman–Crippen MR) is 111 cm³/mol. The van der Waals surface area contributed by atoms with Crippen LogP contribution in [-0.2, 0) is 0 Å². The number of fused-ring (bicyclic) bond motifs is 1. The number of piperidine rings is 1. The van der Waals surface area contributed by atoms with Crippen LogP contribution in [0.2, 0.25) is 0 Å². The van der Waals surface area contributed by atoms with Crippen molar-refractivity contribution in [2.45, 2.75) is 18.8 Å². The summed E-state index contributed by atoms with van der Waals surface area (Å²) < 4.78 is 1.87. The summed E-state index contributed by atoms with van der Waals surface area (Å²) >= 11 is 0. The summed E-state index contributed by atoms with van der Waals surface area (Å²) in [6, 6.07) is 17.9. The summed E-state index contributed by atoms with van der Waals surface area (Å²) in [5.41, 5.74) is 3.83. The van der Waals surface area contributed by atoms with Crippen molar-refractivity contribution in [1.82, 2.24) is 24.5 Å². The molecule has 29 heavy (non-hydrogen) atoms. The van der Waals surface area contributed by atoms with E-state index in [1.165, 1.54) is 0 Å². The van der Waals surface area contributed by atoms with Crippen LogP contribution in [0.25, 0.3) is 16.8 Å². The first-order chi connectivity index (χ1) is 14.3. The molecule has 0 unspecified atom stereocenters. The average molecular weight is 383 g/mol. The third kappa shape index (κ3) is 3.49. The molecule has 0 saturated carbocycles. The average Bonchev–Trinajstić information content (AvgIpc) is 3.23. The van der Waals surface area contributed by atoms with Gasteiger partial charge in [-0.25, -0.2) is 9.50 Å². The molecular formula is C23H21N5O. The zero-order valence-electron chi connectivity index (χ0n) is 16.0. The van der Waals surface area contributed by atoms with Crippen molar-refractivity contribution in [3.63, 3.8) is 0 Å². The Bertz CT molecular complexity index is 1130. The van der Waals surface area contributed by atoms with Crippen molar-refractivity contribution in [2.75, 3.05) is 13.1 Å². The molecule has 0 atom stereocenters. The van der Waals surface area contributed by atoms with Gasteiger partial charge in [0.25, 0.3) is 5.91 Å². The molecule has 0 N–H and O–H groups in total. The largest absolute Gasteiger partial charge is 0.339 e. The van der Waals surface area contributed by atoms with Gasteiger partial charge in [0.15, 0.2) is 11.5 Å². The fourth-order valence-corrected chi connectivity index (χ4v) is 3.89. The lowest BCUT2D eigenvalue weighted by Gasteiger charge is -2.30. The van der Waals surface area contributed by atoms with E-state index < -0.39 is 0 Å². The van der Waals surface area contributed by atoms with Crippen LogP contribution < -0.4 is 0 Å². The standard InChI is InChI=1S/C23H21N5O/c29-23(19-8-12-24-13-9-19)27-14-10-18(11-15-27)22-25-21-7-6-20(16-28(21)26-22)17-4-2-1-3-5-17/h1-9,12-13,16,18H,10-11,14-15H2. The van der Waals surface area contributed by atoms with Gasteiger partial charge in [-0.2, -0.15) is 5.10 Å². The van der Waals surface area contributed by atoms with Crippen molar-refractivity contribution >= 4 is 11.6 Å². The topological polar surface area (TPSA) is 63.4 Å². The molecule has 0 radical (unpaired) electrons. The molecule has 0 bridgehead atoms. The SMILES string of the molecule is O=C(c1ccncc1)N1CCC(c2nc3ccc(-c4ccccc4)cn3n2)CC1. The number of aromatic nitrogens is 4. The van der Waals surface area contributed by atoms with E-state index in [1.807, 2.05) is 39.9 Å². The van der Waals surface area contributed by atoms with Gasteiger partial charge in [-0.1, -0.05) is 30.3 Å². The summed E-state index contributed by atoms with van der Waals surface area (Å²) in [7, 11) is 0. The van der Waals surface area contributed by atoms with Gasteiger partial charge in [0.2, 0.25) is 0 Å². The van der Waals surface area contributed by atoms with Gasteiger partial charge in [0.1, 0.15) is 0 Å². The number of carbonyl (C=O) groups is 1. The first-order valence-electron chi connectivity index (χ1n) is 9.89. The zero-order chi connectivity index (χ0) is 19.6. The lowest BCUT2D eigenvalue weighted by molar-refractivity contribution is 0.0711.